The van der Waals surface area contributed by atoms with Gasteiger partial charge in [-0.25, -0.2) is 15.0 Å². The number of alkyl carbamates (subject to hydrolysis) is 1. The number of nitrogens with one attached hydrogen (secondary N) is 4. The van der Waals surface area contributed by atoms with E-state index in [9.17, 15) is 19.5 Å². The Bertz CT molecular complexity index is 1460. The van der Waals surface area contributed by atoms with Crippen molar-refractivity contribution in [1.29, 1.82) is 0 Å². The van der Waals surface area contributed by atoms with E-state index < -0.39 is 24.0 Å². The number of aliphatic imine (C=N–C) groups is 1. The van der Waals surface area contributed by atoms with Gasteiger partial charge in [0.1, 0.15) is 12.6 Å². The molecule has 0 radical (unpaired) electrons. The Morgan fingerprint density at radius 3 is 2.56 bits per heavy atom. The maximum absolute atomic E-state index is 13.5. The van der Waals surface area contributed by atoms with Crippen LogP contribution in [0, 0.1) is 5.92 Å². The Kier molecular flexibility index (Phi) is 10.4. The van der Waals surface area contributed by atoms with Crippen LogP contribution in [0.1, 0.15) is 65.1 Å². The number of rotatable bonds is 10. The number of carboxylic acids is 1. The number of aryl methyl sites for hydroxylation is 1. The zero-order valence-electron chi connectivity index (χ0n) is 25.6. The molecule has 3 aliphatic rings. The number of methoxy groups -OCH3 is 2. The number of carbonyl (C=O) groups is 3. The van der Waals surface area contributed by atoms with E-state index in [1.807, 2.05) is 12.1 Å². The third-order valence-corrected chi connectivity index (χ3v) is 8.45. The smallest absolute Gasteiger partial charge is 0.408 e. The Labute approximate surface area is 261 Å². The number of hydrogen-bond donors (Lipinski definition) is 5. The number of aliphatic carboxylic acids is 1. The van der Waals surface area contributed by atoms with Gasteiger partial charge in [0.25, 0.3) is 5.91 Å². The standard InChI is InChI=1S/C32H40N6O7/c1-43-27-23(29(39)35-17-25(30(40)41)36-32(42)45-18-19-8-4-3-5-9-19)16-20-12-13-24(37-38-31-33-14-7-15-34-31)21-10-6-11-22(21)26(20)28(27)44-2/h3-5,8-9,16,21-22,25H,6-7,10-15,17-18H2,1-2H3,(H,35,39)(H,36,42)(H,40,41)(H2,33,34,38)/b37-24-. The molecule has 240 valence electrons. The summed E-state index contributed by atoms with van der Waals surface area (Å²) in [6, 6.07) is 9.40. The molecule has 3 unspecified atom stereocenters. The van der Waals surface area contributed by atoms with Crippen molar-refractivity contribution in [2.24, 2.45) is 16.0 Å². The van der Waals surface area contributed by atoms with E-state index in [1.165, 1.54) is 7.11 Å². The lowest BCUT2D eigenvalue weighted by Gasteiger charge is -2.25. The number of benzene rings is 2. The maximum atomic E-state index is 13.5. The van der Waals surface area contributed by atoms with Crippen LogP contribution in [-0.2, 0) is 22.6 Å². The van der Waals surface area contributed by atoms with Gasteiger partial charge in [-0.05, 0) is 55.2 Å². The summed E-state index contributed by atoms with van der Waals surface area (Å²) in [7, 11) is 3.03. The molecule has 0 saturated heterocycles. The van der Waals surface area contributed by atoms with Gasteiger partial charge in [-0.1, -0.05) is 36.8 Å². The number of carbonyl (C=O) groups excluding carboxylic acids is 2. The van der Waals surface area contributed by atoms with Crippen molar-refractivity contribution in [2.45, 2.75) is 57.1 Å². The number of hydrogen-bond acceptors (Lipinski definition) is 10. The Morgan fingerprint density at radius 1 is 1.07 bits per heavy atom. The van der Waals surface area contributed by atoms with Gasteiger partial charge in [0.15, 0.2) is 11.5 Å². The predicted octanol–water partition coefficient (Wildman–Crippen LogP) is 2.94. The van der Waals surface area contributed by atoms with Gasteiger partial charge in [0, 0.05) is 36.8 Å². The Balaban J connectivity index is 1.32. The second-order valence-electron chi connectivity index (χ2n) is 11.2. The summed E-state index contributed by atoms with van der Waals surface area (Å²) in [5.74, 6) is -0.0500. The normalized spacial score (nSPS) is 20.3. The molecule has 5 N–H and O–H groups in total. The Morgan fingerprint density at radius 2 is 1.84 bits per heavy atom. The summed E-state index contributed by atoms with van der Waals surface area (Å²) in [4.78, 5) is 42.2. The molecule has 2 aromatic rings. The number of ether oxygens (including phenoxy) is 3. The number of carboxylic acid groups (broad SMARTS) is 1. The summed E-state index contributed by atoms with van der Waals surface area (Å²) in [6.45, 7) is 1.23. The molecule has 3 atom stereocenters. The van der Waals surface area contributed by atoms with Crippen LogP contribution in [0.15, 0.2) is 46.5 Å². The molecule has 1 fully saturated rings. The van der Waals surface area contributed by atoms with Crippen molar-refractivity contribution >= 4 is 29.6 Å². The highest BCUT2D eigenvalue weighted by atomic mass is 16.5. The van der Waals surface area contributed by atoms with Crippen molar-refractivity contribution in [1.82, 2.24) is 21.4 Å². The third kappa shape index (κ3) is 7.47. The number of guanidine groups is 1. The quantitative estimate of drug-likeness (QED) is 0.251. The van der Waals surface area contributed by atoms with Gasteiger partial charge < -0.3 is 35.3 Å². The zero-order chi connectivity index (χ0) is 31.8. The molecule has 0 spiro atoms. The van der Waals surface area contributed by atoms with E-state index in [4.69, 9.17) is 19.3 Å². The molecular formula is C32H40N6O7. The lowest BCUT2D eigenvalue weighted by Crippen LogP contribution is -2.48. The molecule has 2 aliphatic carbocycles. The van der Waals surface area contributed by atoms with Crippen molar-refractivity contribution in [3.63, 3.8) is 0 Å². The molecule has 1 heterocycles. The fraction of sp³-hybridized carbons (Fsp3) is 0.469. The van der Waals surface area contributed by atoms with E-state index >= 15 is 0 Å². The van der Waals surface area contributed by atoms with Crippen LogP contribution < -0.4 is 30.8 Å². The SMILES string of the molecule is COc1c(C(=O)NCC(NC(=O)OCc2ccccc2)C(=O)O)cc2c(c1OC)C1CCCC1/C(=N\NC1=NCCCN1)CC2. The second-order valence-corrected chi connectivity index (χ2v) is 11.2. The van der Waals surface area contributed by atoms with Gasteiger partial charge in [-0.2, -0.15) is 5.10 Å². The van der Waals surface area contributed by atoms with Gasteiger partial charge in [-0.15, -0.1) is 0 Å². The van der Waals surface area contributed by atoms with Crippen LogP contribution in [0.25, 0.3) is 0 Å². The van der Waals surface area contributed by atoms with E-state index in [1.54, 1.807) is 31.4 Å². The number of nitrogens with zero attached hydrogens (tertiary/aromatic N) is 2. The molecular weight excluding hydrogens is 580 g/mol. The topological polar surface area (TPSA) is 172 Å². The van der Waals surface area contributed by atoms with Crippen molar-refractivity contribution in [3.8, 4) is 11.5 Å². The van der Waals surface area contributed by atoms with Gasteiger partial charge in [0.05, 0.1) is 19.8 Å². The second kappa shape index (κ2) is 14.8. The van der Waals surface area contributed by atoms with E-state index in [0.29, 0.717) is 24.6 Å². The molecule has 45 heavy (non-hydrogen) atoms. The average Bonchev–Trinajstić information content (AvgIpc) is 3.49. The molecule has 2 amide bonds. The van der Waals surface area contributed by atoms with Crippen LogP contribution in [0.5, 0.6) is 11.5 Å². The van der Waals surface area contributed by atoms with Crippen LogP contribution in [0.4, 0.5) is 4.79 Å². The number of amides is 2. The highest BCUT2D eigenvalue weighted by molar-refractivity contribution is 5.99. The largest absolute Gasteiger partial charge is 0.493 e. The lowest BCUT2D eigenvalue weighted by molar-refractivity contribution is -0.139. The highest BCUT2D eigenvalue weighted by Gasteiger charge is 2.40. The van der Waals surface area contributed by atoms with E-state index in [0.717, 1.165) is 61.2 Å². The first-order valence-electron chi connectivity index (χ1n) is 15.3. The fourth-order valence-electron chi connectivity index (χ4n) is 6.32. The predicted molar refractivity (Wildman–Crippen MR) is 167 cm³/mol. The minimum Gasteiger partial charge on any atom is -0.493 e. The minimum atomic E-state index is -1.42. The van der Waals surface area contributed by atoms with Crippen LogP contribution in [-0.4, -0.2) is 74.6 Å². The molecule has 1 saturated carbocycles. The summed E-state index contributed by atoms with van der Waals surface area (Å²) >= 11 is 0. The zero-order valence-corrected chi connectivity index (χ0v) is 25.6. The third-order valence-electron chi connectivity index (χ3n) is 8.45. The first-order chi connectivity index (χ1) is 21.9. The van der Waals surface area contributed by atoms with Gasteiger partial charge >= 0.3 is 12.1 Å². The van der Waals surface area contributed by atoms with Crippen molar-refractivity contribution in [2.75, 3.05) is 33.9 Å². The number of hydrazone groups is 1. The van der Waals surface area contributed by atoms with Crippen molar-refractivity contribution in [3.05, 3.63) is 58.7 Å². The fourth-order valence-corrected chi connectivity index (χ4v) is 6.32. The molecule has 0 aromatic heterocycles. The molecule has 1 aliphatic heterocycles. The first kappa shape index (κ1) is 31.6. The summed E-state index contributed by atoms with van der Waals surface area (Å²) in [5.41, 5.74) is 7.15. The summed E-state index contributed by atoms with van der Waals surface area (Å²) in [6.07, 6.45) is 4.40. The molecule has 2 aromatic carbocycles. The van der Waals surface area contributed by atoms with Crippen LogP contribution in [0.3, 0.4) is 0 Å². The highest BCUT2D eigenvalue weighted by Crippen LogP contribution is 2.51. The monoisotopic (exact) mass is 620 g/mol. The van der Waals surface area contributed by atoms with Gasteiger partial charge in [-0.3, -0.25) is 9.79 Å². The minimum absolute atomic E-state index is 0.0204. The van der Waals surface area contributed by atoms with Crippen molar-refractivity contribution < 1.29 is 33.7 Å². The first-order valence-corrected chi connectivity index (χ1v) is 15.3. The number of fused-ring (bicyclic) bond motifs is 3. The lowest BCUT2D eigenvalue weighted by atomic mass is 9.84. The molecule has 13 heteroatoms. The van der Waals surface area contributed by atoms with Crippen LogP contribution in [0.2, 0.25) is 0 Å². The summed E-state index contributed by atoms with van der Waals surface area (Å²) in [5, 5.41) is 22.7. The van der Waals surface area contributed by atoms with Crippen LogP contribution >= 0.6 is 0 Å². The van der Waals surface area contributed by atoms with E-state index in [-0.39, 0.29) is 36.3 Å². The van der Waals surface area contributed by atoms with E-state index in [2.05, 4.69) is 26.4 Å². The molecule has 13 nitrogen and oxygen atoms in total. The molecule has 5 rings (SSSR count). The average molecular weight is 621 g/mol. The van der Waals surface area contributed by atoms with Gasteiger partial charge in [0.2, 0.25) is 5.96 Å². The molecule has 0 bridgehead atoms. The summed E-state index contributed by atoms with van der Waals surface area (Å²) < 4.78 is 16.8. The maximum Gasteiger partial charge on any atom is 0.408 e. The Hall–Kier alpha value is -4.81.